The molecular weight excluding hydrogens is 690 g/mol. The van der Waals surface area contributed by atoms with Crippen LogP contribution < -0.4 is 15.4 Å². The van der Waals surface area contributed by atoms with Gasteiger partial charge in [0.1, 0.15) is 29.5 Å². The lowest BCUT2D eigenvalue weighted by molar-refractivity contribution is -0.250. The van der Waals surface area contributed by atoms with Gasteiger partial charge in [0.25, 0.3) is 0 Å². The van der Waals surface area contributed by atoms with Crippen molar-refractivity contribution in [2.75, 3.05) is 33.3 Å². The van der Waals surface area contributed by atoms with Crippen molar-refractivity contribution in [2.24, 2.45) is 0 Å². The monoisotopic (exact) mass is 729 g/mol. The maximum absolute atomic E-state index is 13.9. The number of aliphatic hydroxyl groups excluding tert-OH is 2. The number of carbonyl (C=O) groups excluding carboxylic acids is 5. The Labute approximate surface area is 296 Å². The molecule has 51 heavy (non-hydrogen) atoms. The van der Waals surface area contributed by atoms with Crippen molar-refractivity contribution in [1.82, 2.24) is 15.5 Å². The van der Waals surface area contributed by atoms with Crippen molar-refractivity contribution >= 4 is 40.9 Å². The molecule has 7 N–H and O–H groups in total. The molecule has 0 aromatic heterocycles. The van der Waals surface area contributed by atoms with E-state index in [1.54, 1.807) is 14.0 Å². The number of Topliss-reactive ketones (excluding diaryl/α,β-unsaturated/α-hetero) is 1. The molecule has 0 bridgehead atoms. The third-order valence-electron chi connectivity index (χ3n) is 9.90. The molecule has 7 atom stereocenters. The van der Waals surface area contributed by atoms with Gasteiger partial charge in [0.05, 0.1) is 54.0 Å². The molecule has 2 heterocycles. The maximum atomic E-state index is 13.9. The van der Waals surface area contributed by atoms with Gasteiger partial charge in [-0.3, -0.25) is 34.2 Å². The van der Waals surface area contributed by atoms with Gasteiger partial charge >= 0.3 is 0 Å². The number of ketones is 3. The smallest absolute Gasteiger partial charge is 0.243 e. The molecule has 16 nitrogen and oxygen atoms in total. The highest BCUT2D eigenvalue weighted by Crippen LogP contribution is 2.52. The number of carbonyl (C=O) groups is 5. The first-order valence-corrected chi connectivity index (χ1v) is 17.4. The van der Waals surface area contributed by atoms with Crippen LogP contribution in [0.3, 0.4) is 0 Å². The first kappa shape index (κ1) is 36.8. The number of nitrogens with one attached hydrogen (secondary N) is 2. The van der Waals surface area contributed by atoms with Crippen molar-refractivity contribution < 1.29 is 63.7 Å². The summed E-state index contributed by atoms with van der Waals surface area (Å²) in [4.78, 5) is 67.1. The Morgan fingerprint density at radius 1 is 1.12 bits per heavy atom. The van der Waals surface area contributed by atoms with Gasteiger partial charge in [-0.2, -0.15) is 0 Å². The van der Waals surface area contributed by atoms with Crippen molar-refractivity contribution in [2.45, 2.75) is 74.1 Å². The fourth-order valence-corrected chi connectivity index (χ4v) is 8.16. The molecule has 2 amide bonds. The zero-order valence-electron chi connectivity index (χ0n) is 28.0. The number of phenols is 2. The molecule has 2 aliphatic heterocycles. The van der Waals surface area contributed by atoms with Crippen molar-refractivity contribution in [3.8, 4) is 17.2 Å². The molecule has 274 valence electrons. The summed E-state index contributed by atoms with van der Waals surface area (Å²) in [6.07, 6.45) is -5.88. The first-order valence-electron chi connectivity index (χ1n) is 16.3. The first-order chi connectivity index (χ1) is 24.3. The number of imide groups is 1. The molecule has 0 spiro atoms. The molecule has 0 saturated carbocycles. The Balaban J connectivity index is 1.32. The van der Waals surface area contributed by atoms with Crippen molar-refractivity contribution in [1.29, 1.82) is 0 Å². The van der Waals surface area contributed by atoms with E-state index < -0.39 is 101 Å². The maximum Gasteiger partial charge on any atom is 0.243 e. The molecule has 0 radical (unpaired) electrons. The molecule has 2 aliphatic carbocycles. The van der Waals surface area contributed by atoms with Gasteiger partial charge in [0.15, 0.2) is 17.9 Å². The van der Waals surface area contributed by atoms with E-state index in [9.17, 15) is 49.5 Å². The van der Waals surface area contributed by atoms with Crippen LogP contribution >= 0.6 is 11.8 Å². The van der Waals surface area contributed by atoms with E-state index in [-0.39, 0.29) is 59.3 Å². The molecule has 6 rings (SSSR count). The number of likely N-dealkylation sites (tertiary alicyclic amines) is 1. The fraction of sp³-hybridized carbons (Fsp3) is 0.500. The molecule has 17 heteroatoms. The third-order valence-corrected chi connectivity index (χ3v) is 11.1. The van der Waals surface area contributed by atoms with Crippen LogP contribution in [0.1, 0.15) is 75.3 Å². The van der Waals surface area contributed by atoms with Gasteiger partial charge in [-0.15, -0.1) is 11.8 Å². The van der Waals surface area contributed by atoms with E-state index in [2.05, 4.69) is 10.6 Å². The lowest BCUT2D eigenvalue weighted by atomic mass is 9.72. The molecule has 2 aromatic rings. The molecule has 2 saturated heterocycles. The number of hydrogen-bond donors (Lipinski definition) is 7. The van der Waals surface area contributed by atoms with Crippen LogP contribution in [0.5, 0.6) is 17.2 Å². The quantitative estimate of drug-likeness (QED) is 0.0757. The van der Waals surface area contributed by atoms with Gasteiger partial charge in [0.2, 0.25) is 17.6 Å². The van der Waals surface area contributed by atoms with E-state index in [1.165, 1.54) is 37.1 Å². The van der Waals surface area contributed by atoms with Crippen molar-refractivity contribution in [3.05, 3.63) is 51.6 Å². The van der Waals surface area contributed by atoms with Gasteiger partial charge < -0.3 is 45.1 Å². The number of fused-ring (bicyclic) bond motifs is 3. The fourth-order valence-electron chi connectivity index (χ4n) is 7.26. The summed E-state index contributed by atoms with van der Waals surface area (Å²) >= 11 is 1.30. The number of aromatic hydroxyl groups is 2. The normalized spacial score (nSPS) is 28.8. The summed E-state index contributed by atoms with van der Waals surface area (Å²) in [6, 6.07) is 3.52. The minimum atomic E-state index is -2.33. The van der Waals surface area contributed by atoms with Gasteiger partial charge in [-0.1, -0.05) is 12.1 Å². The van der Waals surface area contributed by atoms with Crippen LogP contribution in [0, 0.1) is 0 Å². The number of aliphatic hydroxyl groups is 3. The second kappa shape index (κ2) is 14.2. The minimum Gasteiger partial charge on any atom is -0.507 e. The van der Waals surface area contributed by atoms with Crippen LogP contribution in [0.15, 0.2) is 18.2 Å². The highest BCUT2D eigenvalue weighted by atomic mass is 32.2. The van der Waals surface area contributed by atoms with Crippen LogP contribution in [-0.4, -0.2) is 128 Å². The number of benzene rings is 2. The van der Waals surface area contributed by atoms with E-state index in [1.807, 2.05) is 0 Å². The highest BCUT2D eigenvalue weighted by Gasteiger charge is 2.50. The largest absolute Gasteiger partial charge is 0.507 e. The number of methoxy groups -OCH3 is 1. The van der Waals surface area contributed by atoms with Crippen molar-refractivity contribution in [3.63, 3.8) is 0 Å². The molecular formula is C34H39N3O13S. The molecule has 5 unspecified atom stereocenters. The molecule has 2 fully saturated rings. The average Bonchev–Trinajstić information content (AvgIpc) is 3.38. The highest BCUT2D eigenvalue weighted by molar-refractivity contribution is 8.00. The predicted molar refractivity (Wildman–Crippen MR) is 177 cm³/mol. The molecule has 2 aromatic carbocycles. The number of hydrogen-bond acceptors (Lipinski definition) is 16. The predicted octanol–water partition coefficient (Wildman–Crippen LogP) is -0.373. The Kier molecular flexibility index (Phi) is 10.3. The third kappa shape index (κ3) is 6.31. The Morgan fingerprint density at radius 2 is 1.84 bits per heavy atom. The van der Waals surface area contributed by atoms with E-state index in [4.69, 9.17) is 14.2 Å². The van der Waals surface area contributed by atoms with Crippen LogP contribution in [-0.2, 0) is 30.3 Å². The topological polar surface area (TPSA) is 241 Å². The second-order valence-electron chi connectivity index (χ2n) is 13.0. The lowest BCUT2D eigenvalue weighted by Gasteiger charge is -2.43. The summed E-state index contributed by atoms with van der Waals surface area (Å²) in [7, 11) is 3.04. The average molecular weight is 730 g/mol. The van der Waals surface area contributed by atoms with Gasteiger partial charge in [-0.25, -0.2) is 0 Å². The Bertz CT molecular complexity index is 1800. The lowest BCUT2D eigenvalue weighted by Crippen LogP contribution is -2.56. The number of phenolic OH excluding ortho intramolecular Hbond substituents is 2. The van der Waals surface area contributed by atoms with E-state index in [0.29, 0.717) is 5.88 Å². The molecule has 4 aliphatic rings. The zero-order valence-corrected chi connectivity index (χ0v) is 28.8. The van der Waals surface area contributed by atoms with Crippen LogP contribution in [0.25, 0.3) is 0 Å². The zero-order chi connectivity index (χ0) is 36.9. The number of amides is 2. The summed E-state index contributed by atoms with van der Waals surface area (Å²) in [5, 5.41) is 60.9. The number of ether oxygens (including phenoxy) is 3. The summed E-state index contributed by atoms with van der Waals surface area (Å²) in [6.45, 7) is 0.285. The van der Waals surface area contributed by atoms with Gasteiger partial charge in [0, 0.05) is 54.3 Å². The second-order valence-corrected chi connectivity index (χ2v) is 14.2. The Hall–Kier alpha value is -3.94. The number of nitrogens with zero attached hydrogens (tertiary/aromatic N) is 1. The van der Waals surface area contributed by atoms with Gasteiger partial charge in [-0.05, 0) is 20.0 Å². The minimum absolute atomic E-state index is 0.0361. The number of thioether (sulfide) groups is 1. The number of rotatable bonds is 11. The SMILES string of the molecule is CNCSC1CC(=O)N(CNC2CC(O[C@H]3C[C@](O)(C(=O)CO)Cc4c(O)c5c(c(O)c43)C(=O)c3c(OC)cccc3C5=O)OC(C)C2O)C1=O. The van der Waals surface area contributed by atoms with E-state index in [0.717, 1.165) is 4.90 Å². The summed E-state index contributed by atoms with van der Waals surface area (Å²) in [5.74, 6) is -4.30. The summed E-state index contributed by atoms with van der Waals surface area (Å²) in [5.41, 5.74) is -3.99. The summed E-state index contributed by atoms with van der Waals surface area (Å²) < 4.78 is 17.5. The van der Waals surface area contributed by atoms with Crippen LogP contribution in [0.4, 0.5) is 0 Å². The van der Waals surface area contributed by atoms with E-state index >= 15 is 0 Å². The van der Waals surface area contributed by atoms with Crippen LogP contribution in [0.2, 0.25) is 0 Å². The standard InChI is InChI=1S/C34H39N3O13S/c1-14-28(41)17(36-12-37-22(40)8-20(33(37)46)51-13-35-2)7-23(49-14)50-19-10-34(47,21(39)11-38)9-16-25(19)32(45)27-26(30(16)43)29(42)15-5-4-6-18(48-3)24(15)31(27)44/h4-6,14,17,19-20,23,28,35-36,38,41,43,45,47H,7-13H2,1-3H3/t14?,17?,19-,20?,23?,28?,34-/m0/s1. The Morgan fingerprint density at radius 3 is 2.53 bits per heavy atom.